The SMILES string of the molecule is CN=C(NCc1nc(C(C)C)cs1)NCC(C)N(C)c1ccccc1.I. The monoisotopic (exact) mass is 487 g/mol. The van der Waals surface area contributed by atoms with E-state index in [1.807, 2.05) is 6.07 Å². The van der Waals surface area contributed by atoms with Gasteiger partial charge in [-0.25, -0.2) is 4.98 Å². The summed E-state index contributed by atoms with van der Waals surface area (Å²) in [5.74, 6) is 1.27. The second-order valence-corrected chi connectivity index (χ2v) is 7.37. The molecule has 0 aliphatic carbocycles. The Morgan fingerprint density at radius 2 is 1.88 bits per heavy atom. The van der Waals surface area contributed by atoms with E-state index in [1.165, 1.54) is 5.69 Å². The predicted octanol–water partition coefficient (Wildman–Crippen LogP) is 4.07. The van der Waals surface area contributed by atoms with Gasteiger partial charge in [-0.1, -0.05) is 32.0 Å². The minimum absolute atomic E-state index is 0. The molecule has 2 aromatic rings. The Balaban J connectivity index is 0.00000338. The first-order valence-corrected chi connectivity index (χ1v) is 9.56. The Kier molecular flexibility index (Phi) is 9.93. The molecule has 7 heteroatoms. The van der Waals surface area contributed by atoms with Crippen molar-refractivity contribution in [1.29, 1.82) is 0 Å². The summed E-state index contributed by atoms with van der Waals surface area (Å²) in [7, 11) is 3.91. The number of likely N-dealkylation sites (N-methyl/N-ethyl adjacent to an activating group) is 1. The molecule has 0 saturated heterocycles. The first-order chi connectivity index (χ1) is 12.0. The molecule has 5 nitrogen and oxygen atoms in total. The highest BCUT2D eigenvalue weighted by molar-refractivity contribution is 14.0. The van der Waals surface area contributed by atoms with Gasteiger partial charge in [0.05, 0.1) is 12.2 Å². The summed E-state index contributed by atoms with van der Waals surface area (Å²) in [6.07, 6.45) is 0. The third-order valence-electron chi connectivity index (χ3n) is 4.18. The minimum atomic E-state index is 0. The van der Waals surface area contributed by atoms with Crippen molar-refractivity contribution >= 4 is 47.0 Å². The zero-order valence-corrected chi connectivity index (χ0v) is 19.3. The van der Waals surface area contributed by atoms with Crippen molar-refractivity contribution in [1.82, 2.24) is 15.6 Å². The van der Waals surface area contributed by atoms with Crippen LogP contribution in [0, 0.1) is 0 Å². The Morgan fingerprint density at radius 1 is 1.19 bits per heavy atom. The molecule has 0 amide bonds. The van der Waals surface area contributed by atoms with Crippen LogP contribution in [0.3, 0.4) is 0 Å². The minimum Gasteiger partial charge on any atom is -0.370 e. The molecule has 0 saturated carbocycles. The van der Waals surface area contributed by atoms with Crippen LogP contribution >= 0.6 is 35.3 Å². The van der Waals surface area contributed by atoms with Crippen molar-refractivity contribution in [2.75, 3.05) is 25.5 Å². The number of rotatable bonds is 7. The van der Waals surface area contributed by atoms with Gasteiger partial charge in [-0.3, -0.25) is 4.99 Å². The van der Waals surface area contributed by atoms with Gasteiger partial charge in [0, 0.05) is 37.7 Å². The first-order valence-electron chi connectivity index (χ1n) is 8.68. The molecule has 2 N–H and O–H groups in total. The molecule has 0 bridgehead atoms. The molecule has 144 valence electrons. The fourth-order valence-electron chi connectivity index (χ4n) is 2.35. The largest absolute Gasteiger partial charge is 0.370 e. The maximum atomic E-state index is 4.64. The summed E-state index contributed by atoms with van der Waals surface area (Å²) in [6, 6.07) is 10.7. The van der Waals surface area contributed by atoms with Crippen LogP contribution in [-0.2, 0) is 6.54 Å². The van der Waals surface area contributed by atoms with Crippen molar-refractivity contribution in [2.45, 2.75) is 39.3 Å². The van der Waals surface area contributed by atoms with E-state index in [1.54, 1.807) is 18.4 Å². The highest BCUT2D eigenvalue weighted by Gasteiger charge is 2.11. The summed E-state index contributed by atoms with van der Waals surface area (Å²) in [5.41, 5.74) is 2.37. The maximum Gasteiger partial charge on any atom is 0.191 e. The number of benzene rings is 1. The number of hydrogen-bond donors (Lipinski definition) is 2. The summed E-state index contributed by atoms with van der Waals surface area (Å²) in [4.78, 5) is 11.2. The highest BCUT2D eigenvalue weighted by Crippen LogP contribution is 2.17. The normalized spacial score (nSPS) is 12.5. The zero-order valence-electron chi connectivity index (χ0n) is 16.2. The van der Waals surface area contributed by atoms with E-state index in [4.69, 9.17) is 0 Å². The second kappa shape index (κ2) is 11.4. The molecule has 0 aliphatic rings. The number of nitrogens with zero attached hydrogens (tertiary/aromatic N) is 3. The van der Waals surface area contributed by atoms with Crippen molar-refractivity contribution in [3.63, 3.8) is 0 Å². The standard InChI is InChI=1S/C19H29N5S.HI/c1-14(2)17-13-25-18(23-17)12-22-19(20-4)21-11-15(3)24(5)16-9-7-6-8-10-16;/h6-10,13-15H,11-12H2,1-5H3,(H2,20,21,22);1H. The molecule has 1 atom stereocenters. The Hall–Kier alpha value is -1.35. The van der Waals surface area contributed by atoms with Crippen LogP contribution < -0.4 is 15.5 Å². The van der Waals surface area contributed by atoms with Gasteiger partial charge >= 0.3 is 0 Å². The van der Waals surface area contributed by atoms with E-state index in [-0.39, 0.29) is 24.0 Å². The summed E-state index contributed by atoms with van der Waals surface area (Å²) < 4.78 is 0. The highest BCUT2D eigenvalue weighted by atomic mass is 127. The number of aliphatic imine (C=N–C) groups is 1. The Labute approximate surface area is 178 Å². The molecule has 26 heavy (non-hydrogen) atoms. The van der Waals surface area contributed by atoms with E-state index < -0.39 is 0 Å². The predicted molar refractivity (Wildman–Crippen MR) is 124 cm³/mol. The van der Waals surface area contributed by atoms with Crippen molar-refractivity contribution in [2.24, 2.45) is 4.99 Å². The number of para-hydroxylation sites is 1. The molecular weight excluding hydrogens is 457 g/mol. The third kappa shape index (κ3) is 6.75. The van der Waals surface area contributed by atoms with E-state index in [9.17, 15) is 0 Å². The van der Waals surface area contributed by atoms with Crippen LogP contribution in [0.5, 0.6) is 0 Å². The van der Waals surface area contributed by atoms with Gasteiger partial charge in [-0.05, 0) is 25.0 Å². The van der Waals surface area contributed by atoms with E-state index in [0.29, 0.717) is 18.5 Å². The Bertz CT molecular complexity index is 672. The molecule has 0 spiro atoms. The molecule has 0 aliphatic heterocycles. The summed E-state index contributed by atoms with van der Waals surface area (Å²) >= 11 is 1.69. The van der Waals surface area contributed by atoms with E-state index >= 15 is 0 Å². The number of hydrogen-bond acceptors (Lipinski definition) is 4. The lowest BCUT2D eigenvalue weighted by molar-refractivity contribution is 0.648. The molecule has 2 rings (SSSR count). The lowest BCUT2D eigenvalue weighted by Gasteiger charge is -2.27. The second-order valence-electron chi connectivity index (χ2n) is 6.42. The van der Waals surface area contributed by atoms with Crippen LogP contribution in [0.15, 0.2) is 40.7 Å². The molecule has 1 aromatic heterocycles. The van der Waals surface area contributed by atoms with E-state index in [0.717, 1.165) is 23.2 Å². The van der Waals surface area contributed by atoms with Crippen molar-refractivity contribution in [3.05, 3.63) is 46.4 Å². The summed E-state index contributed by atoms with van der Waals surface area (Å²) in [6.45, 7) is 8.03. The molecule has 1 unspecified atom stereocenters. The van der Waals surface area contributed by atoms with Gasteiger partial charge in [0.2, 0.25) is 0 Å². The number of aromatic nitrogens is 1. The van der Waals surface area contributed by atoms with Crippen LogP contribution in [0.1, 0.15) is 37.4 Å². The van der Waals surface area contributed by atoms with Gasteiger partial charge < -0.3 is 15.5 Å². The molecule has 1 aromatic carbocycles. The average molecular weight is 487 g/mol. The van der Waals surface area contributed by atoms with Gasteiger partial charge in [0.15, 0.2) is 5.96 Å². The number of guanidine groups is 1. The van der Waals surface area contributed by atoms with Crippen LogP contribution in [-0.4, -0.2) is 37.6 Å². The zero-order chi connectivity index (χ0) is 18.2. The average Bonchev–Trinajstić information content (AvgIpc) is 3.11. The fraction of sp³-hybridized carbons (Fsp3) is 0.474. The van der Waals surface area contributed by atoms with Gasteiger partial charge in [0.1, 0.15) is 5.01 Å². The fourth-order valence-corrected chi connectivity index (χ4v) is 3.25. The van der Waals surface area contributed by atoms with Gasteiger partial charge in [-0.15, -0.1) is 35.3 Å². The molecule has 1 heterocycles. The van der Waals surface area contributed by atoms with Crippen LogP contribution in [0.4, 0.5) is 5.69 Å². The van der Waals surface area contributed by atoms with Crippen LogP contribution in [0.25, 0.3) is 0 Å². The topological polar surface area (TPSA) is 52.6 Å². The maximum absolute atomic E-state index is 4.64. The molecular formula is C19H30IN5S. The quantitative estimate of drug-likeness (QED) is 0.351. The number of anilines is 1. The van der Waals surface area contributed by atoms with Crippen molar-refractivity contribution < 1.29 is 0 Å². The first kappa shape index (κ1) is 22.7. The van der Waals surface area contributed by atoms with Gasteiger partial charge in [0.25, 0.3) is 0 Å². The molecule has 0 fully saturated rings. The van der Waals surface area contributed by atoms with E-state index in [2.05, 4.69) is 83.0 Å². The van der Waals surface area contributed by atoms with Crippen molar-refractivity contribution in [3.8, 4) is 0 Å². The lowest BCUT2D eigenvalue weighted by atomic mass is 10.2. The number of nitrogens with one attached hydrogen (secondary N) is 2. The summed E-state index contributed by atoms with van der Waals surface area (Å²) in [5, 5.41) is 9.95. The third-order valence-corrected chi connectivity index (χ3v) is 5.05. The van der Waals surface area contributed by atoms with Gasteiger partial charge in [-0.2, -0.15) is 0 Å². The number of halogens is 1. The molecule has 0 radical (unpaired) electrons. The van der Waals surface area contributed by atoms with Crippen LogP contribution in [0.2, 0.25) is 0 Å². The Morgan fingerprint density at radius 3 is 2.46 bits per heavy atom. The number of thiazole rings is 1. The lowest BCUT2D eigenvalue weighted by Crippen LogP contribution is -2.44. The smallest absolute Gasteiger partial charge is 0.191 e.